The van der Waals surface area contributed by atoms with E-state index >= 15 is 0 Å². The van der Waals surface area contributed by atoms with Crippen LogP contribution in [0.4, 0.5) is 11.4 Å². The Hall–Kier alpha value is -1.84. The number of likely N-dealkylation sites (N-methyl/N-ethyl adjacent to an activating group) is 1. The van der Waals surface area contributed by atoms with Crippen LogP contribution in [0.2, 0.25) is 0 Å². The highest BCUT2D eigenvalue weighted by Gasteiger charge is 2.53. The van der Waals surface area contributed by atoms with Gasteiger partial charge in [0.2, 0.25) is 15.7 Å². The molecule has 0 spiro atoms. The monoisotopic (exact) mass is 286 g/mol. The number of carbonyl (C=O) groups is 1. The number of carboxylic acid groups (broad SMARTS) is 1. The van der Waals surface area contributed by atoms with E-state index < -0.39 is 21.7 Å². The summed E-state index contributed by atoms with van der Waals surface area (Å²) in [5.74, 6) is -1.35. The zero-order valence-corrected chi connectivity index (χ0v) is 11.2. The quantitative estimate of drug-likeness (QED) is 0.543. The fraction of sp³-hybridized carbons (Fsp3) is 0.300. The Morgan fingerprint density at radius 1 is 1.47 bits per heavy atom. The molecule has 2 rings (SSSR count). The Kier molecular flexibility index (Phi) is 2.92. The minimum atomic E-state index is -3.74. The standard InChI is InChI=1S/C10H14N4O4S/c1-14(19(2,17)18)10(9(15)16)7-5-6(11)3-4-8(7)12-13-10/h3-5,12-13H,11H2,1-2H3,(H,15,16). The van der Waals surface area contributed by atoms with Crippen molar-refractivity contribution in [1.82, 2.24) is 9.73 Å². The molecule has 8 nitrogen and oxygen atoms in total. The normalized spacial score (nSPS) is 22.1. The van der Waals surface area contributed by atoms with E-state index in [4.69, 9.17) is 5.73 Å². The van der Waals surface area contributed by atoms with Gasteiger partial charge in [-0.25, -0.2) is 18.6 Å². The highest BCUT2D eigenvalue weighted by atomic mass is 32.2. The highest BCUT2D eigenvalue weighted by Crippen LogP contribution is 2.38. The van der Waals surface area contributed by atoms with Crippen molar-refractivity contribution >= 4 is 27.4 Å². The smallest absolute Gasteiger partial charge is 0.346 e. The Morgan fingerprint density at radius 3 is 2.63 bits per heavy atom. The predicted molar refractivity (Wildman–Crippen MR) is 69.5 cm³/mol. The number of hydrazine groups is 1. The number of rotatable bonds is 3. The number of fused-ring (bicyclic) bond motifs is 1. The average Bonchev–Trinajstić information content (AvgIpc) is 2.66. The molecule has 1 aromatic carbocycles. The van der Waals surface area contributed by atoms with Crippen LogP contribution in [0, 0.1) is 0 Å². The van der Waals surface area contributed by atoms with Crippen molar-refractivity contribution in [3.8, 4) is 0 Å². The van der Waals surface area contributed by atoms with Crippen molar-refractivity contribution < 1.29 is 18.3 Å². The van der Waals surface area contributed by atoms with E-state index in [1.807, 2.05) is 0 Å². The summed E-state index contributed by atoms with van der Waals surface area (Å²) in [4.78, 5) is 11.6. The van der Waals surface area contributed by atoms with Gasteiger partial charge in [-0.3, -0.25) is 0 Å². The van der Waals surface area contributed by atoms with Crippen molar-refractivity contribution in [3.05, 3.63) is 23.8 Å². The fourth-order valence-electron chi connectivity index (χ4n) is 2.00. The molecule has 1 aliphatic rings. The molecular weight excluding hydrogens is 272 g/mol. The zero-order valence-electron chi connectivity index (χ0n) is 10.3. The predicted octanol–water partition coefficient (Wildman–Crippen LogP) is -0.672. The molecule has 104 valence electrons. The number of hydrogen-bond acceptors (Lipinski definition) is 6. The summed E-state index contributed by atoms with van der Waals surface area (Å²) in [6.45, 7) is 0. The fourth-order valence-corrected chi connectivity index (χ4v) is 2.72. The van der Waals surface area contributed by atoms with Crippen LogP contribution in [0.5, 0.6) is 0 Å². The van der Waals surface area contributed by atoms with E-state index in [1.54, 1.807) is 12.1 Å². The molecule has 0 saturated carbocycles. The number of sulfonamides is 1. The van der Waals surface area contributed by atoms with Gasteiger partial charge in [0.1, 0.15) is 0 Å². The molecule has 1 aliphatic heterocycles. The average molecular weight is 286 g/mol. The molecule has 1 unspecified atom stereocenters. The maximum Gasteiger partial charge on any atom is 0.346 e. The molecule has 0 radical (unpaired) electrons. The van der Waals surface area contributed by atoms with E-state index in [0.29, 0.717) is 11.4 Å². The summed E-state index contributed by atoms with van der Waals surface area (Å²) < 4.78 is 24.1. The Bertz CT molecular complexity index is 645. The van der Waals surface area contributed by atoms with Crippen LogP contribution in [0.15, 0.2) is 18.2 Å². The van der Waals surface area contributed by atoms with E-state index in [1.165, 1.54) is 13.1 Å². The van der Waals surface area contributed by atoms with Gasteiger partial charge >= 0.3 is 5.97 Å². The number of hydrogen-bond donors (Lipinski definition) is 4. The highest BCUT2D eigenvalue weighted by molar-refractivity contribution is 7.88. The summed E-state index contributed by atoms with van der Waals surface area (Å²) in [6, 6.07) is 4.60. The largest absolute Gasteiger partial charge is 0.479 e. The first-order valence-electron chi connectivity index (χ1n) is 5.30. The Morgan fingerprint density at radius 2 is 2.11 bits per heavy atom. The SMILES string of the molecule is CN(C1(C(=O)O)NNc2ccc(N)cc21)S(C)(=O)=O. The number of carboxylic acids is 1. The Labute approximate surface area is 110 Å². The van der Waals surface area contributed by atoms with Crippen molar-refractivity contribution in [1.29, 1.82) is 0 Å². The lowest BCUT2D eigenvalue weighted by Gasteiger charge is -2.32. The molecule has 1 heterocycles. The molecule has 1 atom stereocenters. The van der Waals surface area contributed by atoms with Gasteiger partial charge in [-0.1, -0.05) is 0 Å². The molecule has 1 aromatic rings. The van der Waals surface area contributed by atoms with Crippen LogP contribution >= 0.6 is 0 Å². The second-order valence-electron chi connectivity index (χ2n) is 4.30. The van der Waals surface area contributed by atoms with Gasteiger partial charge in [-0.15, -0.1) is 0 Å². The second-order valence-corrected chi connectivity index (χ2v) is 6.31. The maximum absolute atomic E-state index is 11.7. The van der Waals surface area contributed by atoms with Crippen molar-refractivity contribution in [2.45, 2.75) is 5.66 Å². The molecule has 19 heavy (non-hydrogen) atoms. The van der Waals surface area contributed by atoms with Gasteiger partial charge in [0.15, 0.2) is 0 Å². The summed E-state index contributed by atoms with van der Waals surface area (Å²) in [6.07, 6.45) is 0.934. The van der Waals surface area contributed by atoms with Crippen molar-refractivity contribution in [2.24, 2.45) is 0 Å². The first kappa shape index (κ1) is 13.6. The van der Waals surface area contributed by atoms with Crippen LogP contribution in [0.1, 0.15) is 5.56 Å². The first-order valence-corrected chi connectivity index (χ1v) is 7.15. The minimum absolute atomic E-state index is 0.243. The molecule has 0 fully saturated rings. The van der Waals surface area contributed by atoms with E-state index in [2.05, 4.69) is 10.9 Å². The summed E-state index contributed by atoms with van der Waals surface area (Å²) >= 11 is 0. The summed E-state index contributed by atoms with van der Waals surface area (Å²) in [7, 11) is -2.55. The number of nitrogens with one attached hydrogen (secondary N) is 2. The lowest BCUT2D eigenvalue weighted by atomic mass is 9.99. The lowest BCUT2D eigenvalue weighted by Crippen LogP contribution is -2.59. The zero-order chi connectivity index (χ0) is 14.4. The molecular formula is C10H14N4O4S. The number of nitrogen functional groups attached to an aromatic ring is 1. The Balaban J connectivity index is 2.70. The van der Waals surface area contributed by atoms with Gasteiger partial charge in [-0.2, -0.15) is 4.31 Å². The molecule has 0 amide bonds. The van der Waals surface area contributed by atoms with Gasteiger partial charge in [0.25, 0.3) is 0 Å². The van der Waals surface area contributed by atoms with Crippen molar-refractivity contribution in [2.75, 3.05) is 24.5 Å². The third-order valence-corrected chi connectivity index (χ3v) is 4.36. The van der Waals surface area contributed by atoms with Crippen LogP contribution < -0.4 is 16.6 Å². The molecule has 9 heteroatoms. The molecule has 0 saturated heterocycles. The van der Waals surface area contributed by atoms with E-state index in [9.17, 15) is 18.3 Å². The van der Waals surface area contributed by atoms with Crippen LogP contribution in [-0.4, -0.2) is 37.1 Å². The van der Waals surface area contributed by atoms with Gasteiger partial charge in [-0.05, 0) is 18.2 Å². The first-order chi connectivity index (χ1) is 8.69. The van der Waals surface area contributed by atoms with Crippen LogP contribution in [0.25, 0.3) is 0 Å². The molecule has 0 bridgehead atoms. The third-order valence-electron chi connectivity index (χ3n) is 3.09. The van der Waals surface area contributed by atoms with Gasteiger partial charge < -0.3 is 16.3 Å². The minimum Gasteiger partial charge on any atom is -0.479 e. The number of benzene rings is 1. The number of aliphatic carboxylic acids is 1. The van der Waals surface area contributed by atoms with Gasteiger partial charge in [0, 0.05) is 18.3 Å². The van der Waals surface area contributed by atoms with Gasteiger partial charge in [0.05, 0.1) is 11.9 Å². The topological polar surface area (TPSA) is 125 Å². The molecule has 0 aromatic heterocycles. The van der Waals surface area contributed by atoms with Crippen molar-refractivity contribution in [3.63, 3.8) is 0 Å². The van der Waals surface area contributed by atoms with E-state index in [-0.39, 0.29) is 5.56 Å². The molecule has 0 aliphatic carbocycles. The number of nitrogens with two attached hydrogens (primary N) is 1. The summed E-state index contributed by atoms with van der Waals surface area (Å²) in [5.41, 5.74) is 9.95. The van der Waals surface area contributed by atoms with Crippen LogP contribution in [0.3, 0.4) is 0 Å². The molecule has 5 N–H and O–H groups in total. The number of nitrogens with zero attached hydrogens (tertiary/aromatic N) is 1. The second kappa shape index (κ2) is 4.08. The third kappa shape index (κ3) is 1.91. The maximum atomic E-state index is 11.7. The van der Waals surface area contributed by atoms with E-state index in [0.717, 1.165) is 10.6 Å². The lowest BCUT2D eigenvalue weighted by molar-refractivity contribution is -0.149. The number of anilines is 2. The summed E-state index contributed by atoms with van der Waals surface area (Å²) in [5, 5.41) is 9.49. The van der Waals surface area contributed by atoms with Crippen LogP contribution in [-0.2, 0) is 20.5 Å².